The van der Waals surface area contributed by atoms with E-state index in [-0.39, 0.29) is 0 Å². The number of rotatable bonds is 8. The maximum atomic E-state index is 5.53. The van der Waals surface area contributed by atoms with Gasteiger partial charge >= 0.3 is 0 Å². The zero-order valence-corrected chi connectivity index (χ0v) is 12.6. The minimum atomic E-state index is 0.484. The third-order valence-electron chi connectivity index (χ3n) is 3.74. The molecule has 1 aliphatic heterocycles. The highest BCUT2D eigenvalue weighted by Crippen LogP contribution is 2.03. The van der Waals surface area contributed by atoms with Gasteiger partial charge in [0.25, 0.3) is 0 Å². The first-order valence-corrected chi connectivity index (χ1v) is 7.35. The molecule has 0 aromatic heterocycles. The summed E-state index contributed by atoms with van der Waals surface area (Å²) >= 11 is 0. The molecule has 0 aromatic rings. The number of hydrogen-bond donors (Lipinski definition) is 1. The normalized spacial score (nSPS) is 20.5. The maximum Gasteiger partial charge on any atom is 0.0621 e. The van der Waals surface area contributed by atoms with Gasteiger partial charge in [-0.1, -0.05) is 13.8 Å². The summed E-state index contributed by atoms with van der Waals surface area (Å²) in [6.45, 7) is 15.2. The van der Waals surface area contributed by atoms with Crippen LogP contribution in [0.1, 0.15) is 20.8 Å². The number of ether oxygens (including phenoxy) is 1. The molecule has 108 valence electrons. The summed E-state index contributed by atoms with van der Waals surface area (Å²) in [4.78, 5) is 4.95. The highest BCUT2D eigenvalue weighted by atomic mass is 16.5. The van der Waals surface area contributed by atoms with Gasteiger partial charge in [-0.15, -0.1) is 0 Å². The van der Waals surface area contributed by atoms with Crippen molar-refractivity contribution in [3.63, 3.8) is 0 Å². The van der Waals surface area contributed by atoms with E-state index in [2.05, 4.69) is 42.9 Å². The Morgan fingerprint density at radius 1 is 1.17 bits per heavy atom. The van der Waals surface area contributed by atoms with E-state index >= 15 is 0 Å². The van der Waals surface area contributed by atoms with Crippen LogP contribution in [-0.4, -0.2) is 75.4 Å². The molecule has 1 N–H and O–H groups in total. The van der Waals surface area contributed by atoms with Gasteiger partial charge in [-0.05, 0) is 19.9 Å². The third kappa shape index (κ3) is 6.14. The average molecular weight is 257 g/mol. The van der Waals surface area contributed by atoms with E-state index in [0.29, 0.717) is 12.0 Å². The number of likely N-dealkylation sites (N-methyl/N-ethyl adjacent to an activating group) is 1. The third-order valence-corrected chi connectivity index (χ3v) is 3.74. The monoisotopic (exact) mass is 257 g/mol. The first-order valence-electron chi connectivity index (χ1n) is 7.35. The molecule has 0 spiro atoms. The molecule has 1 heterocycles. The average Bonchev–Trinajstić information content (AvgIpc) is 2.35. The Kier molecular flexibility index (Phi) is 7.82. The number of nitrogens with one attached hydrogen (secondary N) is 1. The number of hydrogen-bond acceptors (Lipinski definition) is 4. The lowest BCUT2D eigenvalue weighted by Gasteiger charge is -2.33. The maximum absolute atomic E-state index is 5.53. The molecule has 0 amide bonds. The Bertz CT molecular complexity index is 203. The molecule has 4 heteroatoms. The van der Waals surface area contributed by atoms with Crippen LogP contribution in [0.4, 0.5) is 0 Å². The molecule has 0 aliphatic carbocycles. The van der Waals surface area contributed by atoms with E-state index in [9.17, 15) is 0 Å². The molecule has 1 saturated heterocycles. The molecule has 1 aliphatic rings. The Morgan fingerprint density at radius 3 is 2.39 bits per heavy atom. The van der Waals surface area contributed by atoms with Crippen LogP contribution in [0.2, 0.25) is 0 Å². The largest absolute Gasteiger partial charge is 0.380 e. The summed E-state index contributed by atoms with van der Waals surface area (Å²) < 4.78 is 5.53. The van der Waals surface area contributed by atoms with Crippen molar-refractivity contribution in [3.8, 4) is 0 Å². The zero-order valence-electron chi connectivity index (χ0n) is 12.6. The molecule has 0 aromatic carbocycles. The van der Waals surface area contributed by atoms with Gasteiger partial charge in [0.2, 0.25) is 0 Å². The first-order chi connectivity index (χ1) is 8.63. The lowest BCUT2D eigenvalue weighted by atomic mass is 10.1. The van der Waals surface area contributed by atoms with Crippen molar-refractivity contribution >= 4 is 0 Å². The molecular formula is C14H31N3O. The molecule has 1 unspecified atom stereocenters. The summed E-state index contributed by atoms with van der Waals surface area (Å²) in [5, 5.41) is 3.63. The van der Waals surface area contributed by atoms with E-state index in [1.54, 1.807) is 0 Å². The fraction of sp³-hybridized carbons (Fsp3) is 1.00. The van der Waals surface area contributed by atoms with Crippen LogP contribution in [0.25, 0.3) is 0 Å². The predicted octanol–water partition coefficient (Wildman–Crippen LogP) is 0.885. The summed E-state index contributed by atoms with van der Waals surface area (Å²) in [5.41, 5.74) is 0. The SMILES string of the molecule is CCOCC(NCCN1CCN(C)CC1)C(C)C. The minimum Gasteiger partial charge on any atom is -0.380 e. The molecule has 4 nitrogen and oxygen atoms in total. The second-order valence-electron chi connectivity index (χ2n) is 5.61. The van der Waals surface area contributed by atoms with Crippen molar-refractivity contribution in [2.45, 2.75) is 26.8 Å². The van der Waals surface area contributed by atoms with Crippen LogP contribution < -0.4 is 5.32 Å². The Labute approximate surface area is 113 Å². The lowest BCUT2D eigenvalue weighted by molar-refractivity contribution is 0.104. The fourth-order valence-electron chi connectivity index (χ4n) is 2.21. The number of piperazine rings is 1. The quantitative estimate of drug-likeness (QED) is 0.699. The summed E-state index contributed by atoms with van der Waals surface area (Å²) in [5.74, 6) is 0.629. The van der Waals surface area contributed by atoms with Crippen LogP contribution in [0.5, 0.6) is 0 Å². The standard InChI is InChI=1S/C14H31N3O/c1-5-18-12-14(13(2)3)15-6-7-17-10-8-16(4)9-11-17/h13-15H,5-12H2,1-4H3. The van der Waals surface area contributed by atoms with Gasteiger partial charge in [0.05, 0.1) is 6.61 Å². The van der Waals surface area contributed by atoms with Crippen LogP contribution in [0, 0.1) is 5.92 Å². The Hall–Kier alpha value is -0.160. The summed E-state index contributed by atoms with van der Waals surface area (Å²) in [7, 11) is 2.20. The van der Waals surface area contributed by atoms with Crippen LogP contribution in [0.3, 0.4) is 0 Å². The summed E-state index contributed by atoms with van der Waals surface area (Å²) in [6, 6.07) is 0.484. The Morgan fingerprint density at radius 2 is 1.83 bits per heavy atom. The minimum absolute atomic E-state index is 0.484. The lowest BCUT2D eigenvalue weighted by Crippen LogP contribution is -2.48. The molecule has 0 saturated carbocycles. The van der Waals surface area contributed by atoms with Gasteiger partial charge in [0, 0.05) is 51.9 Å². The van der Waals surface area contributed by atoms with Crippen molar-refractivity contribution in [1.29, 1.82) is 0 Å². The molecule has 1 fully saturated rings. The van der Waals surface area contributed by atoms with Gasteiger partial charge in [-0.3, -0.25) is 4.90 Å². The smallest absolute Gasteiger partial charge is 0.0621 e. The molecule has 1 atom stereocenters. The first kappa shape index (κ1) is 15.9. The van der Waals surface area contributed by atoms with Gasteiger partial charge in [0.1, 0.15) is 0 Å². The van der Waals surface area contributed by atoms with Gasteiger partial charge < -0.3 is 15.0 Å². The summed E-state index contributed by atoms with van der Waals surface area (Å²) in [6.07, 6.45) is 0. The van der Waals surface area contributed by atoms with Crippen molar-refractivity contribution in [1.82, 2.24) is 15.1 Å². The molecule has 18 heavy (non-hydrogen) atoms. The van der Waals surface area contributed by atoms with Crippen LogP contribution in [-0.2, 0) is 4.74 Å². The van der Waals surface area contributed by atoms with E-state index in [1.165, 1.54) is 26.2 Å². The van der Waals surface area contributed by atoms with E-state index in [4.69, 9.17) is 4.74 Å². The van der Waals surface area contributed by atoms with Crippen LogP contribution >= 0.6 is 0 Å². The second-order valence-corrected chi connectivity index (χ2v) is 5.61. The van der Waals surface area contributed by atoms with Gasteiger partial charge in [0.15, 0.2) is 0 Å². The molecular weight excluding hydrogens is 226 g/mol. The van der Waals surface area contributed by atoms with Crippen molar-refractivity contribution < 1.29 is 4.74 Å². The highest BCUT2D eigenvalue weighted by molar-refractivity contribution is 4.73. The van der Waals surface area contributed by atoms with Crippen molar-refractivity contribution in [2.24, 2.45) is 5.92 Å². The highest BCUT2D eigenvalue weighted by Gasteiger charge is 2.15. The topological polar surface area (TPSA) is 27.7 Å². The number of nitrogens with zero attached hydrogens (tertiary/aromatic N) is 2. The zero-order chi connectivity index (χ0) is 13.4. The van der Waals surface area contributed by atoms with Gasteiger partial charge in [-0.2, -0.15) is 0 Å². The van der Waals surface area contributed by atoms with Crippen molar-refractivity contribution in [3.05, 3.63) is 0 Å². The second kappa shape index (κ2) is 8.86. The van der Waals surface area contributed by atoms with Gasteiger partial charge in [-0.25, -0.2) is 0 Å². The van der Waals surface area contributed by atoms with Crippen molar-refractivity contribution in [2.75, 3.05) is 59.5 Å². The molecule has 1 rings (SSSR count). The molecule has 0 bridgehead atoms. The fourth-order valence-corrected chi connectivity index (χ4v) is 2.21. The van der Waals surface area contributed by atoms with E-state index in [0.717, 1.165) is 26.3 Å². The van der Waals surface area contributed by atoms with E-state index in [1.807, 2.05) is 0 Å². The molecule has 0 radical (unpaired) electrons. The predicted molar refractivity (Wildman–Crippen MR) is 77.1 cm³/mol. The Balaban J connectivity index is 2.14. The van der Waals surface area contributed by atoms with Crippen LogP contribution in [0.15, 0.2) is 0 Å². The van der Waals surface area contributed by atoms with E-state index < -0.39 is 0 Å².